The van der Waals surface area contributed by atoms with Gasteiger partial charge >= 0.3 is 19.5 Å². The minimum absolute atomic E-state index is 0.111. The number of allylic oxidation sites excluding steroid dienone is 1. The van der Waals surface area contributed by atoms with Gasteiger partial charge in [-0.25, -0.2) is 4.79 Å². The number of carbonyl (C=O) groups excluding carboxylic acids is 2. The Hall–Kier alpha value is -0.880. The number of carbonyl (C=O) groups is 2. The largest absolute Gasteiger partial charge is 0.462 e. The third-order valence-corrected chi connectivity index (χ3v) is 5.34. The van der Waals surface area contributed by atoms with Gasteiger partial charge in [0.15, 0.2) is 5.78 Å². The molecule has 0 saturated carbocycles. The van der Waals surface area contributed by atoms with Crippen molar-refractivity contribution in [3.8, 4) is 0 Å². The van der Waals surface area contributed by atoms with Crippen molar-refractivity contribution in [2.24, 2.45) is 0 Å². The number of alkyl halides is 1. The summed E-state index contributed by atoms with van der Waals surface area (Å²) < 4.78 is 27.8. The van der Waals surface area contributed by atoms with Gasteiger partial charge in [-0.05, 0) is 27.7 Å². The zero-order chi connectivity index (χ0) is 17.3. The van der Waals surface area contributed by atoms with Crippen LogP contribution in [0.2, 0.25) is 0 Å². The standard InChI is InChI=1S/C13H23ClNO6P/c1-6-20-22(18,21-7-2)11(8-14)15(9-10(3)4)12(16)13(17)19-5/h9,11H,6-8H2,1-5H3. The Labute approximate surface area is 136 Å². The van der Waals surface area contributed by atoms with E-state index >= 15 is 0 Å². The van der Waals surface area contributed by atoms with Crippen LogP contribution in [-0.2, 0) is 27.9 Å². The topological polar surface area (TPSA) is 82.1 Å². The highest BCUT2D eigenvalue weighted by Crippen LogP contribution is 2.54. The van der Waals surface area contributed by atoms with Gasteiger partial charge in [-0.3, -0.25) is 14.3 Å². The van der Waals surface area contributed by atoms with E-state index in [-0.39, 0.29) is 19.1 Å². The summed E-state index contributed by atoms with van der Waals surface area (Å²) in [5.74, 6) is -3.44. The molecule has 0 aliphatic heterocycles. The van der Waals surface area contributed by atoms with Gasteiger partial charge in [0.1, 0.15) is 0 Å². The lowest BCUT2D eigenvalue weighted by molar-refractivity contribution is -0.157. The van der Waals surface area contributed by atoms with Gasteiger partial charge in [-0.1, -0.05) is 5.57 Å². The predicted molar refractivity (Wildman–Crippen MR) is 83.7 cm³/mol. The van der Waals surface area contributed by atoms with Crippen LogP contribution in [0.5, 0.6) is 0 Å². The molecule has 0 aromatic rings. The zero-order valence-corrected chi connectivity index (χ0v) is 15.1. The van der Waals surface area contributed by atoms with Crippen molar-refractivity contribution >= 4 is 31.1 Å². The highest BCUT2D eigenvalue weighted by Gasteiger charge is 2.42. The van der Waals surface area contributed by atoms with E-state index in [0.717, 1.165) is 12.0 Å². The van der Waals surface area contributed by atoms with Gasteiger partial charge < -0.3 is 13.8 Å². The summed E-state index contributed by atoms with van der Waals surface area (Å²) >= 11 is 5.89. The molecule has 0 fully saturated rings. The molecule has 9 heteroatoms. The van der Waals surface area contributed by atoms with E-state index in [9.17, 15) is 14.2 Å². The molecule has 0 N–H and O–H groups in total. The van der Waals surface area contributed by atoms with Crippen LogP contribution < -0.4 is 0 Å². The maximum absolute atomic E-state index is 12.9. The second kappa shape index (κ2) is 10.0. The Morgan fingerprint density at radius 2 is 1.73 bits per heavy atom. The lowest BCUT2D eigenvalue weighted by Crippen LogP contribution is -2.42. The molecular formula is C13H23ClNO6P. The molecule has 1 amide bonds. The lowest BCUT2D eigenvalue weighted by Gasteiger charge is -2.32. The molecule has 128 valence electrons. The Balaban J connectivity index is 5.82. The smallest absolute Gasteiger partial charge is 0.397 e. The maximum Gasteiger partial charge on any atom is 0.397 e. The second-order valence-electron chi connectivity index (χ2n) is 4.42. The van der Waals surface area contributed by atoms with Crippen molar-refractivity contribution in [3.63, 3.8) is 0 Å². The van der Waals surface area contributed by atoms with Crippen molar-refractivity contribution < 1.29 is 27.9 Å². The SMILES string of the molecule is CCOP(=O)(OCC)C(CCl)N(C=C(C)C)C(=O)C(=O)OC. The summed E-state index contributed by atoms with van der Waals surface area (Å²) in [6.07, 6.45) is 1.37. The molecule has 1 atom stereocenters. The molecule has 0 aromatic carbocycles. The first-order valence-corrected chi connectivity index (χ1v) is 8.92. The van der Waals surface area contributed by atoms with E-state index in [2.05, 4.69) is 4.74 Å². The summed E-state index contributed by atoms with van der Waals surface area (Å²) in [7, 11) is -2.64. The summed E-state index contributed by atoms with van der Waals surface area (Å²) in [5.41, 5.74) is 0.701. The van der Waals surface area contributed by atoms with Crippen molar-refractivity contribution in [1.29, 1.82) is 0 Å². The lowest BCUT2D eigenvalue weighted by atomic mass is 10.3. The number of esters is 1. The van der Waals surface area contributed by atoms with Crippen molar-refractivity contribution in [1.82, 2.24) is 4.90 Å². The third kappa shape index (κ3) is 5.72. The fourth-order valence-corrected chi connectivity index (χ4v) is 4.07. The number of rotatable bonds is 8. The van der Waals surface area contributed by atoms with Crippen LogP contribution in [0.25, 0.3) is 0 Å². The van der Waals surface area contributed by atoms with E-state index in [1.165, 1.54) is 6.20 Å². The molecule has 0 radical (unpaired) electrons. The van der Waals surface area contributed by atoms with E-state index in [1.807, 2.05) is 0 Å². The average Bonchev–Trinajstić information content (AvgIpc) is 2.45. The molecule has 0 aromatic heterocycles. The number of methoxy groups -OCH3 is 1. The highest BCUT2D eigenvalue weighted by molar-refractivity contribution is 7.54. The fraction of sp³-hybridized carbons (Fsp3) is 0.692. The van der Waals surface area contributed by atoms with Crippen LogP contribution in [0.4, 0.5) is 0 Å². The quantitative estimate of drug-likeness (QED) is 0.288. The van der Waals surface area contributed by atoms with Crippen LogP contribution >= 0.6 is 19.2 Å². The van der Waals surface area contributed by atoms with Crippen LogP contribution in [0, 0.1) is 0 Å². The number of amides is 1. The molecule has 0 aliphatic carbocycles. The monoisotopic (exact) mass is 355 g/mol. The number of halogens is 1. The molecule has 7 nitrogen and oxygen atoms in total. The molecule has 1 unspecified atom stereocenters. The predicted octanol–water partition coefficient (Wildman–Crippen LogP) is 2.74. The van der Waals surface area contributed by atoms with Gasteiger partial charge in [0.25, 0.3) is 0 Å². The van der Waals surface area contributed by atoms with Crippen LogP contribution in [0.15, 0.2) is 11.8 Å². The van der Waals surface area contributed by atoms with E-state index in [4.69, 9.17) is 20.6 Å². The van der Waals surface area contributed by atoms with Crippen LogP contribution in [0.3, 0.4) is 0 Å². The summed E-state index contributed by atoms with van der Waals surface area (Å²) in [4.78, 5) is 24.7. The first-order chi connectivity index (χ1) is 10.3. The van der Waals surface area contributed by atoms with Crippen molar-refractivity contribution in [2.75, 3.05) is 26.2 Å². The molecule has 0 saturated heterocycles. The van der Waals surface area contributed by atoms with Gasteiger partial charge in [0.05, 0.1) is 26.2 Å². The Morgan fingerprint density at radius 1 is 1.23 bits per heavy atom. The number of hydrogen-bond donors (Lipinski definition) is 0. The van der Waals surface area contributed by atoms with E-state index in [0.29, 0.717) is 5.57 Å². The number of nitrogens with zero attached hydrogens (tertiary/aromatic N) is 1. The molecule has 0 rings (SSSR count). The second-order valence-corrected chi connectivity index (χ2v) is 6.92. The normalized spacial score (nSPS) is 12.5. The summed E-state index contributed by atoms with van der Waals surface area (Å²) in [6, 6.07) is 0. The molecule has 0 spiro atoms. The van der Waals surface area contributed by atoms with Crippen molar-refractivity contribution in [2.45, 2.75) is 33.5 Å². The maximum atomic E-state index is 12.9. The first-order valence-electron chi connectivity index (χ1n) is 6.77. The summed E-state index contributed by atoms with van der Waals surface area (Å²) in [6.45, 7) is 6.94. The minimum Gasteiger partial charge on any atom is -0.462 e. The zero-order valence-electron chi connectivity index (χ0n) is 13.5. The van der Waals surface area contributed by atoms with Gasteiger partial charge in [-0.2, -0.15) is 0 Å². The third-order valence-electron chi connectivity index (χ3n) is 2.43. The van der Waals surface area contributed by atoms with Gasteiger partial charge in [0.2, 0.25) is 0 Å². The van der Waals surface area contributed by atoms with Gasteiger partial charge in [0, 0.05) is 6.20 Å². The van der Waals surface area contributed by atoms with Crippen LogP contribution in [-0.4, -0.2) is 48.8 Å². The molecule has 0 heterocycles. The molecule has 0 bridgehead atoms. The first kappa shape index (κ1) is 21.1. The van der Waals surface area contributed by atoms with Gasteiger partial charge in [-0.15, -0.1) is 11.6 Å². The Morgan fingerprint density at radius 3 is 2.05 bits per heavy atom. The Kier molecular flexibility index (Phi) is 9.60. The number of hydrogen-bond acceptors (Lipinski definition) is 6. The minimum atomic E-state index is -3.73. The van der Waals surface area contributed by atoms with E-state index < -0.39 is 25.3 Å². The number of ether oxygens (including phenoxy) is 1. The fourth-order valence-electron chi connectivity index (χ4n) is 1.63. The molecule has 22 heavy (non-hydrogen) atoms. The van der Waals surface area contributed by atoms with Crippen LogP contribution in [0.1, 0.15) is 27.7 Å². The average molecular weight is 356 g/mol. The highest BCUT2D eigenvalue weighted by atomic mass is 35.5. The summed E-state index contributed by atoms with van der Waals surface area (Å²) in [5, 5.41) is 0. The Bertz CT molecular complexity index is 453. The molecular weight excluding hydrogens is 333 g/mol. The molecule has 0 aliphatic rings. The van der Waals surface area contributed by atoms with E-state index in [1.54, 1.807) is 27.7 Å². The van der Waals surface area contributed by atoms with Crippen molar-refractivity contribution in [3.05, 3.63) is 11.8 Å².